The molecule has 36 heavy (non-hydrogen) atoms. The molecule has 4 saturated heterocycles. The Morgan fingerprint density at radius 3 is 2.67 bits per heavy atom. The molecule has 1 aromatic heterocycles. The number of ether oxygens (including phenoxy) is 5. The molecule has 9 nitrogen and oxygen atoms in total. The number of rotatable bonds is 3. The fourth-order valence-corrected chi connectivity index (χ4v) is 9.14. The molecular weight excluding hydrogens is 468 g/mol. The van der Waals surface area contributed by atoms with Crippen LogP contribution in [0.5, 0.6) is 0 Å². The van der Waals surface area contributed by atoms with E-state index in [1.54, 1.807) is 12.5 Å². The van der Waals surface area contributed by atoms with E-state index in [0.717, 1.165) is 17.6 Å². The van der Waals surface area contributed by atoms with Gasteiger partial charge in [-0.3, -0.25) is 14.4 Å². The molecule has 0 amide bonds. The monoisotopic (exact) mass is 498 g/mol. The Hall–Kier alpha value is -2.65. The van der Waals surface area contributed by atoms with E-state index in [1.165, 1.54) is 0 Å². The Morgan fingerprint density at radius 2 is 1.94 bits per heavy atom. The molecule has 2 aliphatic carbocycles. The molecule has 11 atom stereocenters. The van der Waals surface area contributed by atoms with Crippen LogP contribution in [0.15, 0.2) is 35.2 Å². The number of furan rings is 1. The molecule has 0 radical (unpaired) electrons. The molecule has 7 rings (SSSR count). The summed E-state index contributed by atoms with van der Waals surface area (Å²) in [7, 11) is 0. The Labute approximate surface area is 208 Å². The predicted molar refractivity (Wildman–Crippen MR) is 120 cm³/mol. The lowest BCUT2D eigenvalue weighted by Crippen LogP contribution is -2.64. The van der Waals surface area contributed by atoms with Crippen molar-refractivity contribution < 1.29 is 42.5 Å². The summed E-state index contributed by atoms with van der Waals surface area (Å²) in [6.07, 6.45) is 2.41. The maximum Gasteiger partial charge on any atom is 0.309 e. The maximum atomic E-state index is 13.0. The molecule has 1 aromatic rings. The summed E-state index contributed by atoms with van der Waals surface area (Å²) in [6, 6.07) is 1.94. The van der Waals surface area contributed by atoms with Crippen LogP contribution >= 0.6 is 0 Å². The minimum atomic E-state index is -0.995. The van der Waals surface area contributed by atoms with Crippen molar-refractivity contribution >= 4 is 18.4 Å². The standard InChI is InChI=1S/C27H30O9/c1-13-21-22(34-17-9-20(30)36-24(2)11-32-19(29)8-16(24)25(17,21)3)23(33-12-28)26(4)15(14-5-6-31-10-14)7-18-27(13,26)35-18/h5-6,10,12,15-18,21-23H,1,7-9,11H2,2-4H3/t15-,16-,17-,18+,21+,22+,23-,24+,25-,26-,27+/m1/s1. The van der Waals surface area contributed by atoms with Crippen molar-refractivity contribution in [3.05, 3.63) is 36.3 Å². The van der Waals surface area contributed by atoms with E-state index >= 15 is 0 Å². The van der Waals surface area contributed by atoms with Crippen LogP contribution in [0.4, 0.5) is 0 Å². The van der Waals surface area contributed by atoms with Crippen molar-refractivity contribution in [2.45, 2.75) is 81.6 Å². The fraction of sp³-hybridized carbons (Fsp3) is 0.667. The average Bonchev–Trinajstić information content (AvgIpc) is 3.10. The number of hydrogen-bond acceptors (Lipinski definition) is 9. The van der Waals surface area contributed by atoms with E-state index < -0.39 is 46.3 Å². The van der Waals surface area contributed by atoms with Crippen molar-refractivity contribution in [3.8, 4) is 0 Å². The largest absolute Gasteiger partial charge is 0.472 e. The van der Waals surface area contributed by atoms with Crippen molar-refractivity contribution in [2.75, 3.05) is 6.61 Å². The van der Waals surface area contributed by atoms with E-state index in [0.29, 0.717) is 6.47 Å². The Balaban J connectivity index is 1.39. The lowest BCUT2D eigenvalue weighted by Gasteiger charge is -2.55. The second kappa shape index (κ2) is 6.81. The molecule has 6 aliphatic rings. The number of cyclic esters (lactones) is 1. The van der Waals surface area contributed by atoms with Gasteiger partial charge in [-0.2, -0.15) is 0 Å². The van der Waals surface area contributed by atoms with Gasteiger partial charge in [0.05, 0.1) is 37.6 Å². The van der Waals surface area contributed by atoms with E-state index in [9.17, 15) is 14.4 Å². The lowest BCUT2D eigenvalue weighted by atomic mass is 9.49. The highest BCUT2D eigenvalue weighted by Gasteiger charge is 2.85. The summed E-state index contributed by atoms with van der Waals surface area (Å²) in [4.78, 5) is 37.4. The van der Waals surface area contributed by atoms with Gasteiger partial charge in [0.25, 0.3) is 6.47 Å². The van der Waals surface area contributed by atoms with Crippen LogP contribution in [-0.2, 0) is 38.1 Å². The van der Waals surface area contributed by atoms with Gasteiger partial charge in [0, 0.05) is 28.6 Å². The zero-order valence-electron chi connectivity index (χ0n) is 20.6. The minimum Gasteiger partial charge on any atom is -0.472 e. The van der Waals surface area contributed by atoms with Gasteiger partial charge in [-0.05, 0) is 30.5 Å². The van der Waals surface area contributed by atoms with Gasteiger partial charge >= 0.3 is 11.9 Å². The summed E-state index contributed by atoms with van der Waals surface area (Å²) in [5, 5.41) is 0. The topological polar surface area (TPSA) is 114 Å². The quantitative estimate of drug-likeness (QED) is 0.204. The van der Waals surface area contributed by atoms with Crippen molar-refractivity contribution in [1.29, 1.82) is 0 Å². The first-order valence-corrected chi connectivity index (χ1v) is 12.6. The van der Waals surface area contributed by atoms with Crippen molar-refractivity contribution in [3.63, 3.8) is 0 Å². The van der Waals surface area contributed by atoms with Gasteiger partial charge in [0.15, 0.2) is 0 Å². The summed E-state index contributed by atoms with van der Waals surface area (Å²) in [6.45, 7) is 11.1. The fourth-order valence-electron chi connectivity index (χ4n) is 9.14. The van der Waals surface area contributed by atoms with E-state index in [4.69, 9.17) is 28.1 Å². The first-order valence-electron chi connectivity index (χ1n) is 12.6. The highest BCUT2D eigenvalue weighted by molar-refractivity contribution is 5.74. The van der Waals surface area contributed by atoms with E-state index in [-0.39, 0.29) is 49.3 Å². The van der Waals surface area contributed by atoms with Crippen LogP contribution < -0.4 is 0 Å². The molecule has 0 aromatic carbocycles. The zero-order chi connectivity index (χ0) is 25.3. The predicted octanol–water partition coefficient (Wildman–Crippen LogP) is 2.68. The van der Waals surface area contributed by atoms with Crippen LogP contribution in [0, 0.1) is 22.7 Å². The molecule has 0 unspecified atom stereocenters. The third-order valence-corrected chi connectivity index (χ3v) is 10.7. The first kappa shape index (κ1) is 22.5. The molecule has 192 valence electrons. The summed E-state index contributed by atoms with van der Waals surface area (Å²) in [5.41, 5.74) is -1.16. The van der Waals surface area contributed by atoms with Gasteiger partial charge < -0.3 is 28.1 Å². The second-order valence-electron chi connectivity index (χ2n) is 12.0. The Bertz CT molecular complexity index is 1180. The molecule has 5 heterocycles. The Morgan fingerprint density at radius 1 is 1.14 bits per heavy atom. The number of fused-ring (bicyclic) bond motifs is 5. The zero-order valence-corrected chi connectivity index (χ0v) is 20.6. The third kappa shape index (κ3) is 2.37. The second-order valence-corrected chi connectivity index (χ2v) is 12.0. The van der Waals surface area contributed by atoms with Crippen LogP contribution in [-0.4, -0.2) is 60.6 Å². The molecule has 9 heteroatoms. The van der Waals surface area contributed by atoms with Gasteiger partial charge in [0.1, 0.15) is 30.0 Å². The highest BCUT2D eigenvalue weighted by Crippen LogP contribution is 2.78. The first-order chi connectivity index (χ1) is 17.1. The van der Waals surface area contributed by atoms with Crippen LogP contribution in [0.3, 0.4) is 0 Å². The van der Waals surface area contributed by atoms with Crippen LogP contribution in [0.1, 0.15) is 51.5 Å². The normalized spacial score (nSPS) is 52.5. The third-order valence-electron chi connectivity index (χ3n) is 10.7. The minimum absolute atomic E-state index is 0.000601. The molecule has 1 spiro atoms. The van der Waals surface area contributed by atoms with Crippen LogP contribution in [0.2, 0.25) is 0 Å². The maximum absolute atomic E-state index is 13.0. The number of carbonyl (C=O) groups excluding carboxylic acids is 3. The van der Waals surface area contributed by atoms with Gasteiger partial charge in [-0.15, -0.1) is 0 Å². The van der Waals surface area contributed by atoms with Crippen LogP contribution in [0.25, 0.3) is 0 Å². The van der Waals surface area contributed by atoms with Crippen molar-refractivity contribution in [1.82, 2.24) is 0 Å². The molecular formula is C27H30O9. The average molecular weight is 499 g/mol. The van der Waals surface area contributed by atoms with Gasteiger partial charge in [-0.1, -0.05) is 20.4 Å². The summed E-state index contributed by atoms with van der Waals surface area (Å²) >= 11 is 0. The Kier molecular flexibility index (Phi) is 4.26. The summed E-state index contributed by atoms with van der Waals surface area (Å²) < 4.78 is 35.7. The molecule has 2 saturated carbocycles. The summed E-state index contributed by atoms with van der Waals surface area (Å²) in [5.74, 6) is -1.41. The number of carbonyl (C=O) groups is 3. The molecule has 0 N–H and O–H groups in total. The molecule has 0 bridgehead atoms. The highest BCUT2D eigenvalue weighted by atomic mass is 16.6. The smallest absolute Gasteiger partial charge is 0.309 e. The van der Waals surface area contributed by atoms with E-state index in [1.807, 2.05) is 13.0 Å². The van der Waals surface area contributed by atoms with Gasteiger partial charge in [-0.25, -0.2) is 0 Å². The molecule has 4 aliphatic heterocycles. The van der Waals surface area contributed by atoms with E-state index in [2.05, 4.69) is 20.4 Å². The number of epoxide rings is 1. The SMILES string of the molecule is C=C1[C@H]2[C@H](O[C@@H]3CC(=O)O[C@@]4(C)COC(=O)C[C@H]4[C@]32C)[C@@H](OC=O)[C@@]2(C)[C@@H](c3ccoc3)C[C@@H]3O[C@@]132. The number of esters is 2. The lowest BCUT2D eigenvalue weighted by molar-refractivity contribution is -0.199. The number of hydrogen-bond donors (Lipinski definition) is 0. The molecule has 6 fully saturated rings. The van der Waals surface area contributed by atoms with Gasteiger partial charge in [0.2, 0.25) is 0 Å². The van der Waals surface area contributed by atoms with Crippen molar-refractivity contribution in [2.24, 2.45) is 22.7 Å².